The Bertz CT molecular complexity index is 601. The second-order valence-electron chi connectivity index (χ2n) is 6.06. The molecule has 0 fully saturated rings. The highest BCUT2D eigenvalue weighted by Gasteiger charge is 2.25. The zero-order valence-corrected chi connectivity index (χ0v) is 12.8. The summed E-state index contributed by atoms with van der Waals surface area (Å²) >= 11 is 6.32. The van der Waals surface area contributed by atoms with Crippen LogP contribution in [0.1, 0.15) is 37.6 Å². The van der Waals surface area contributed by atoms with Crippen LogP contribution in [0.15, 0.2) is 18.2 Å². The summed E-state index contributed by atoms with van der Waals surface area (Å²) in [6.45, 7) is 10.3. The van der Waals surface area contributed by atoms with E-state index >= 15 is 0 Å². The summed E-state index contributed by atoms with van der Waals surface area (Å²) in [5.74, 6) is 0.497. The average molecular weight is 278 g/mol. The van der Waals surface area contributed by atoms with Gasteiger partial charge in [0, 0.05) is 5.41 Å². The second kappa shape index (κ2) is 4.57. The highest BCUT2D eigenvalue weighted by Crippen LogP contribution is 2.34. The standard InChI is InChI=1S/C15H20ClN3/c1-9-6-10(2)8-11(7-9)19-14(17)12(16)13(18-19)15(3,4)5/h6-8H,17H2,1-5H3. The van der Waals surface area contributed by atoms with Gasteiger partial charge in [0.2, 0.25) is 0 Å². The van der Waals surface area contributed by atoms with Crippen LogP contribution in [0.25, 0.3) is 5.69 Å². The molecule has 0 spiro atoms. The van der Waals surface area contributed by atoms with E-state index in [0.717, 1.165) is 11.4 Å². The summed E-state index contributed by atoms with van der Waals surface area (Å²) in [5.41, 5.74) is 10.1. The van der Waals surface area contributed by atoms with Crippen LogP contribution in [0.4, 0.5) is 5.82 Å². The molecule has 2 rings (SSSR count). The molecule has 0 aliphatic heterocycles. The number of rotatable bonds is 1. The first-order valence-corrected chi connectivity index (χ1v) is 6.71. The molecule has 4 heteroatoms. The number of aryl methyl sites for hydroxylation is 2. The van der Waals surface area contributed by atoms with Gasteiger partial charge in [0.05, 0.1) is 11.4 Å². The van der Waals surface area contributed by atoms with E-state index in [2.05, 4.69) is 57.9 Å². The van der Waals surface area contributed by atoms with Crippen LogP contribution >= 0.6 is 11.6 Å². The van der Waals surface area contributed by atoms with Gasteiger partial charge in [-0.2, -0.15) is 5.10 Å². The molecule has 0 saturated heterocycles. The fraction of sp³-hybridized carbons (Fsp3) is 0.400. The predicted molar refractivity (Wildman–Crippen MR) is 81.2 cm³/mol. The Hall–Kier alpha value is -1.48. The number of nitrogen functional groups attached to an aromatic ring is 1. The van der Waals surface area contributed by atoms with E-state index in [1.54, 1.807) is 4.68 Å². The van der Waals surface area contributed by atoms with Crippen molar-refractivity contribution in [1.29, 1.82) is 0 Å². The fourth-order valence-corrected chi connectivity index (χ4v) is 2.56. The first kappa shape index (κ1) is 13.9. The van der Waals surface area contributed by atoms with Crippen LogP contribution in [0.5, 0.6) is 0 Å². The Labute approximate surface area is 119 Å². The summed E-state index contributed by atoms with van der Waals surface area (Å²) < 4.78 is 1.73. The van der Waals surface area contributed by atoms with Crippen LogP contribution in [0.2, 0.25) is 5.02 Å². The summed E-state index contributed by atoms with van der Waals surface area (Å²) in [6.07, 6.45) is 0. The van der Waals surface area contributed by atoms with Crippen molar-refractivity contribution in [2.24, 2.45) is 0 Å². The molecular formula is C15H20ClN3. The van der Waals surface area contributed by atoms with Gasteiger partial charge in [0.1, 0.15) is 10.8 Å². The largest absolute Gasteiger partial charge is 0.382 e. The summed E-state index contributed by atoms with van der Waals surface area (Å²) in [4.78, 5) is 0. The Morgan fingerprint density at radius 1 is 1.11 bits per heavy atom. The van der Waals surface area contributed by atoms with Gasteiger partial charge in [-0.3, -0.25) is 0 Å². The molecule has 3 nitrogen and oxygen atoms in total. The van der Waals surface area contributed by atoms with E-state index in [1.165, 1.54) is 11.1 Å². The van der Waals surface area contributed by atoms with Gasteiger partial charge in [0.25, 0.3) is 0 Å². The smallest absolute Gasteiger partial charge is 0.146 e. The lowest BCUT2D eigenvalue weighted by Crippen LogP contribution is -2.13. The summed E-state index contributed by atoms with van der Waals surface area (Å²) in [6, 6.07) is 6.23. The van der Waals surface area contributed by atoms with Crippen molar-refractivity contribution in [3.8, 4) is 5.69 Å². The minimum Gasteiger partial charge on any atom is -0.382 e. The topological polar surface area (TPSA) is 43.8 Å². The number of hydrogen-bond acceptors (Lipinski definition) is 2. The van der Waals surface area contributed by atoms with Crippen molar-refractivity contribution in [3.63, 3.8) is 0 Å². The van der Waals surface area contributed by atoms with Gasteiger partial charge in [-0.1, -0.05) is 38.4 Å². The molecule has 0 saturated carbocycles. The maximum Gasteiger partial charge on any atom is 0.146 e. The Morgan fingerprint density at radius 3 is 2.05 bits per heavy atom. The zero-order chi connectivity index (χ0) is 14.4. The van der Waals surface area contributed by atoms with E-state index in [4.69, 9.17) is 17.3 Å². The highest BCUT2D eigenvalue weighted by atomic mass is 35.5. The number of anilines is 1. The molecule has 0 atom stereocenters. The van der Waals surface area contributed by atoms with Gasteiger partial charge in [-0.05, 0) is 37.1 Å². The third-order valence-corrected chi connectivity index (χ3v) is 3.40. The lowest BCUT2D eigenvalue weighted by Gasteiger charge is -2.15. The molecule has 2 aromatic rings. The summed E-state index contributed by atoms with van der Waals surface area (Å²) in [7, 11) is 0. The predicted octanol–water partition coefficient (Wildman–Crippen LogP) is 4.02. The van der Waals surface area contributed by atoms with E-state index < -0.39 is 0 Å². The number of benzene rings is 1. The van der Waals surface area contributed by atoms with Crippen molar-refractivity contribution >= 4 is 17.4 Å². The molecule has 1 aromatic carbocycles. The molecule has 1 heterocycles. The third kappa shape index (κ3) is 2.61. The minimum atomic E-state index is -0.130. The first-order valence-electron chi connectivity index (χ1n) is 6.33. The first-order chi connectivity index (χ1) is 8.70. The minimum absolute atomic E-state index is 0.130. The Morgan fingerprint density at radius 2 is 1.63 bits per heavy atom. The van der Waals surface area contributed by atoms with Crippen molar-refractivity contribution < 1.29 is 0 Å². The number of hydrogen-bond donors (Lipinski definition) is 1. The number of aromatic nitrogens is 2. The molecular weight excluding hydrogens is 258 g/mol. The van der Waals surface area contributed by atoms with E-state index in [9.17, 15) is 0 Å². The number of halogens is 1. The van der Waals surface area contributed by atoms with Gasteiger partial charge in [0.15, 0.2) is 0 Å². The van der Waals surface area contributed by atoms with E-state index in [0.29, 0.717) is 10.8 Å². The molecule has 0 unspecified atom stereocenters. The molecule has 0 aliphatic rings. The molecule has 0 bridgehead atoms. The molecule has 0 radical (unpaired) electrons. The van der Waals surface area contributed by atoms with Crippen molar-refractivity contribution in [2.75, 3.05) is 5.73 Å². The zero-order valence-electron chi connectivity index (χ0n) is 12.1. The van der Waals surface area contributed by atoms with Crippen molar-refractivity contribution in [1.82, 2.24) is 9.78 Å². The number of nitrogens with two attached hydrogens (primary N) is 1. The lowest BCUT2D eigenvalue weighted by molar-refractivity contribution is 0.560. The molecule has 0 aliphatic carbocycles. The molecule has 102 valence electrons. The monoisotopic (exact) mass is 277 g/mol. The highest BCUT2D eigenvalue weighted by molar-refractivity contribution is 6.33. The van der Waals surface area contributed by atoms with E-state index in [1.807, 2.05) is 0 Å². The maximum absolute atomic E-state index is 6.32. The van der Waals surface area contributed by atoms with Crippen LogP contribution in [-0.4, -0.2) is 9.78 Å². The van der Waals surface area contributed by atoms with Crippen molar-refractivity contribution in [3.05, 3.63) is 40.0 Å². The Kier molecular flexibility index (Phi) is 3.35. The second-order valence-corrected chi connectivity index (χ2v) is 6.43. The number of nitrogens with zero attached hydrogens (tertiary/aromatic N) is 2. The van der Waals surface area contributed by atoms with Crippen LogP contribution in [0.3, 0.4) is 0 Å². The van der Waals surface area contributed by atoms with Crippen LogP contribution < -0.4 is 5.73 Å². The fourth-order valence-electron chi connectivity index (χ4n) is 2.16. The third-order valence-electron chi connectivity index (χ3n) is 3.02. The molecule has 1 aromatic heterocycles. The van der Waals surface area contributed by atoms with Gasteiger partial charge < -0.3 is 5.73 Å². The van der Waals surface area contributed by atoms with Crippen LogP contribution in [0, 0.1) is 13.8 Å². The lowest BCUT2D eigenvalue weighted by atomic mass is 9.92. The maximum atomic E-state index is 6.32. The molecule has 0 amide bonds. The van der Waals surface area contributed by atoms with Gasteiger partial charge in [-0.15, -0.1) is 0 Å². The average Bonchev–Trinajstić information content (AvgIpc) is 2.54. The van der Waals surface area contributed by atoms with E-state index in [-0.39, 0.29) is 5.41 Å². The quantitative estimate of drug-likeness (QED) is 0.855. The Balaban J connectivity index is 2.64. The molecule has 2 N–H and O–H groups in total. The summed E-state index contributed by atoms with van der Waals surface area (Å²) in [5, 5.41) is 5.14. The van der Waals surface area contributed by atoms with Gasteiger partial charge >= 0.3 is 0 Å². The van der Waals surface area contributed by atoms with Crippen molar-refractivity contribution in [2.45, 2.75) is 40.0 Å². The molecule has 19 heavy (non-hydrogen) atoms. The normalized spacial score (nSPS) is 11.9. The SMILES string of the molecule is Cc1cc(C)cc(-n2nc(C(C)(C)C)c(Cl)c2N)c1. The van der Waals surface area contributed by atoms with Crippen LogP contribution in [-0.2, 0) is 5.41 Å². The van der Waals surface area contributed by atoms with Gasteiger partial charge in [-0.25, -0.2) is 4.68 Å².